The molecule has 0 heterocycles. The van der Waals surface area contributed by atoms with Gasteiger partial charge < -0.3 is 5.11 Å². The van der Waals surface area contributed by atoms with E-state index in [0.717, 1.165) is 17.7 Å². The standard InChI is InChI=1S/C16H15ClF2O/c1-2-11(10-6-4-3-5-7-10)16(20)12-8-14(18)15(19)9-13(12)17/h3-9,11,16,20H,2H2,1H3. The van der Waals surface area contributed by atoms with Crippen LogP contribution < -0.4 is 0 Å². The predicted molar refractivity (Wildman–Crippen MR) is 75.8 cm³/mol. The van der Waals surface area contributed by atoms with E-state index in [4.69, 9.17) is 11.6 Å². The molecule has 2 atom stereocenters. The second-order valence-electron chi connectivity index (χ2n) is 4.66. The smallest absolute Gasteiger partial charge is 0.160 e. The molecule has 2 aromatic rings. The molecule has 20 heavy (non-hydrogen) atoms. The molecule has 0 bridgehead atoms. The Kier molecular flexibility index (Phi) is 4.73. The molecule has 0 aromatic heterocycles. The van der Waals surface area contributed by atoms with Gasteiger partial charge in [0, 0.05) is 16.5 Å². The van der Waals surface area contributed by atoms with Crippen molar-refractivity contribution in [2.45, 2.75) is 25.4 Å². The van der Waals surface area contributed by atoms with Crippen LogP contribution in [-0.2, 0) is 0 Å². The van der Waals surface area contributed by atoms with Gasteiger partial charge in [-0.1, -0.05) is 48.9 Å². The van der Waals surface area contributed by atoms with Crippen molar-refractivity contribution in [3.05, 3.63) is 70.2 Å². The van der Waals surface area contributed by atoms with Gasteiger partial charge in [0.15, 0.2) is 11.6 Å². The molecule has 2 unspecified atom stereocenters. The molecular weight excluding hydrogens is 282 g/mol. The monoisotopic (exact) mass is 296 g/mol. The molecule has 1 N–H and O–H groups in total. The minimum Gasteiger partial charge on any atom is -0.388 e. The molecule has 106 valence electrons. The summed E-state index contributed by atoms with van der Waals surface area (Å²) >= 11 is 5.92. The summed E-state index contributed by atoms with van der Waals surface area (Å²) in [5.74, 6) is -2.25. The largest absolute Gasteiger partial charge is 0.388 e. The Hall–Kier alpha value is -1.45. The number of aliphatic hydroxyl groups is 1. The maximum atomic E-state index is 13.3. The Balaban J connectivity index is 2.39. The van der Waals surface area contributed by atoms with Crippen LogP contribution in [-0.4, -0.2) is 5.11 Å². The summed E-state index contributed by atoms with van der Waals surface area (Å²) in [7, 11) is 0. The fraction of sp³-hybridized carbons (Fsp3) is 0.250. The predicted octanol–water partition coefficient (Wildman–Crippen LogP) is 4.85. The molecule has 0 saturated carbocycles. The minimum absolute atomic E-state index is 0.0331. The van der Waals surface area contributed by atoms with Crippen molar-refractivity contribution < 1.29 is 13.9 Å². The number of halogens is 3. The molecule has 0 amide bonds. The quantitative estimate of drug-likeness (QED) is 0.800. The van der Waals surface area contributed by atoms with Gasteiger partial charge in [-0.25, -0.2) is 8.78 Å². The zero-order chi connectivity index (χ0) is 14.7. The lowest BCUT2D eigenvalue weighted by Crippen LogP contribution is -2.11. The van der Waals surface area contributed by atoms with Gasteiger partial charge in [-0.05, 0) is 24.1 Å². The van der Waals surface area contributed by atoms with Crippen molar-refractivity contribution in [3.63, 3.8) is 0 Å². The summed E-state index contributed by atoms with van der Waals surface area (Å²) in [6, 6.07) is 11.3. The van der Waals surface area contributed by atoms with E-state index in [9.17, 15) is 13.9 Å². The average molecular weight is 297 g/mol. The first-order chi connectivity index (χ1) is 9.54. The lowest BCUT2D eigenvalue weighted by Gasteiger charge is -2.23. The Bertz CT molecular complexity index is 587. The van der Waals surface area contributed by atoms with E-state index < -0.39 is 17.7 Å². The molecule has 2 aromatic carbocycles. The van der Waals surface area contributed by atoms with Gasteiger partial charge in [0.1, 0.15) is 0 Å². The van der Waals surface area contributed by atoms with Gasteiger partial charge in [0.25, 0.3) is 0 Å². The van der Waals surface area contributed by atoms with Crippen molar-refractivity contribution >= 4 is 11.6 Å². The minimum atomic E-state index is -1.02. The van der Waals surface area contributed by atoms with Crippen LogP contribution in [0.5, 0.6) is 0 Å². The second kappa shape index (κ2) is 6.33. The lowest BCUT2D eigenvalue weighted by molar-refractivity contribution is 0.142. The number of hydrogen-bond acceptors (Lipinski definition) is 1. The normalized spacial score (nSPS) is 14.1. The topological polar surface area (TPSA) is 20.2 Å². The third-order valence-electron chi connectivity index (χ3n) is 3.41. The summed E-state index contributed by atoms with van der Waals surface area (Å²) in [6.07, 6.45) is -0.328. The number of hydrogen-bond donors (Lipinski definition) is 1. The highest BCUT2D eigenvalue weighted by molar-refractivity contribution is 6.31. The number of aliphatic hydroxyl groups excluding tert-OH is 1. The van der Waals surface area contributed by atoms with E-state index in [1.807, 2.05) is 37.3 Å². The van der Waals surface area contributed by atoms with Crippen LogP contribution in [0.1, 0.15) is 36.5 Å². The fourth-order valence-corrected chi connectivity index (χ4v) is 2.58. The Morgan fingerprint density at radius 2 is 1.70 bits per heavy atom. The lowest BCUT2D eigenvalue weighted by atomic mass is 9.87. The molecule has 0 saturated heterocycles. The van der Waals surface area contributed by atoms with Crippen LogP contribution in [0.2, 0.25) is 5.02 Å². The highest BCUT2D eigenvalue weighted by Crippen LogP contribution is 2.37. The summed E-state index contributed by atoms with van der Waals surface area (Å²) < 4.78 is 26.4. The first-order valence-corrected chi connectivity index (χ1v) is 6.79. The van der Waals surface area contributed by atoms with E-state index in [1.54, 1.807) is 0 Å². The third-order valence-corrected chi connectivity index (χ3v) is 3.73. The van der Waals surface area contributed by atoms with Crippen molar-refractivity contribution in [1.29, 1.82) is 0 Å². The van der Waals surface area contributed by atoms with Crippen LogP contribution in [0.3, 0.4) is 0 Å². The third kappa shape index (κ3) is 3.00. The summed E-state index contributed by atoms with van der Waals surface area (Å²) in [5, 5.41) is 10.5. The van der Waals surface area contributed by atoms with Crippen molar-refractivity contribution in [2.75, 3.05) is 0 Å². The van der Waals surface area contributed by atoms with E-state index in [-0.39, 0.29) is 16.5 Å². The molecule has 0 radical (unpaired) electrons. The van der Waals surface area contributed by atoms with E-state index in [0.29, 0.717) is 6.42 Å². The van der Waals surface area contributed by atoms with Gasteiger partial charge in [-0.15, -0.1) is 0 Å². The zero-order valence-electron chi connectivity index (χ0n) is 11.0. The number of rotatable bonds is 4. The molecule has 0 fully saturated rings. The Morgan fingerprint density at radius 3 is 2.30 bits per heavy atom. The van der Waals surface area contributed by atoms with Gasteiger partial charge in [0.05, 0.1) is 6.10 Å². The van der Waals surface area contributed by atoms with Crippen LogP contribution in [0.4, 0.5) is 8.78 Å². The van der Waals surface area contributed by atoms with Gasteiger partial charge in [0.2, 0.25) is 0 Å². The summed E-state index contributed by atoms with van der Waals surface area (Å²) in [5.41, 5.74) is 1.14. The first-order valence-electron chi connectivity index (χ1n) is 6.42. The van der Waals surface area contributed by atoms with E-state index >= 15 is 0 Å². The molecule has 1 nitrogen and oxygen atoms in total. The maximum absolute atomic E-state index is 13.3. The first kappa shape index (κ1) is 14.9. The van der Waals surface area contributed by atoms with Crippen molar-refractivity contribution in [2.24, 2.45) is 0 Å². The van der Waals surface area contributed by atoms with Crippen LogP contribution in [0.25, 0.3) is 0 Å². The fourth-order valence-electron chi connectivity index (χ4n) is 2.32. The molecule has 2 rings (SSSR count). The molecular formula is C16H15ClF2O. The maximum Gasteiger partial charge on any atom is 0.160 e. The Labute approximate surface area is 121 Å². The molecule has 0 aliphatic heterocycles. The van der Waals surface area contributed by atoms with E-state index in [2.05, 4.69) is 0 Å². The van der Waals surface area contributed by atoms with Gasteiger partial charge in [-0.2, -0.15) is 0 Å². The zero-order valence-corrected chi connectivity index (χ0v) is 11.7. The summed E-state index contributed by atoms with van der Waals surface area (Å²) in [4.78, 5) is 0. The highest BCUT2D eigenvalue weighted by Gasteiger charge is 2.24. The van der Waals surface area contributed by atoms with Crippen LogP contribution in [0.15, 0.2) is 42.5 Å². The number of benzene rings is 2. The van der Waals surface area contributed by atoms with Gasteiger partial charge in [-0.3, -0.25) is 0 Å². The average Bonchev–Trinajstić information content (AvgIpc) is 2.44. The van der Waals surface area contributed by atoms with E-state index in [1.165, 1.54) is 0 Å². The Morgan fingerprint density at radius 1 is 1.10 bits per heavy atom. The van der Waals surface area contributed by atoms with Gasteiger partial charge >= 0.3 is 0 Å². The summed E-state index contributed by atoms with van der Waals surface area (Å²) in [6.45, 7) is 1.93. The molecule has 0 aliphatic rings. The SMILES string of the molecule is CCC(c1ccccc1)C(O)c1cc(F)c(F)cc1Cl. The molecule has 4 heteroatoms. The second-order valence-corrected chi connectivity index (χ2v) is 5.07. The van der Waals surface area contributed by atoms with Crippen LogP contribution in [0, 0.1) is 11.6 Å². The van der Waals surface area contributed by atoms with Crippen LogP contribution >= 0.6 is 11.6 Å². The molecule has 0 spiro atoms. The van der Waals surface area contributed by atoms with Crippen molar-refractivity contribution in [1.82, 2.24) is 0 Å². The highest BCUT2D eigenvalue weighted by atomic mass is 35.5. The molecule has 0 aliphatic carbocycles. The van der Waals surface area contributed by atoms with Crippen molar-refractivity contribution in [3.8, 4) is 0 Å².